The number of nitro groups is 1. The van der Waals surface area contributed by atoms with Gasteiger partial charge in [-0.2, -0.15) is 4.31 Å². The highest BCUT2D eigenvalue weighted by atomic mass is 32.2. The second-order valence-corrected chi connectivity index (χ2v) is 8.03. The van der Waals surface area contributed by atoms with Crippen molar-refractivity contribution in [1.29, 1.82) is 0 Å². The normalized spacial score (nSPS) is 12.2. The first-order chi connectivity index (χ1) is 14.3. The van der Waals surface area contributed by atoms with Crippen molar-refractivity contribution < 1.29 is 22.9 Å². The maximum Gasteiger partial charge on any atom is 0.269 e. The fourth-order valence-corrected chi connectivity index (χ4v) is 4.13. The summed E-state index contributed by atoms with van der Waals surface area (Å²) in [6.07, 6.45) is 5.35. The highest BCUT2D eigenvalue weighted by molar-refractivity contribution is 7.89. The molecule has 0 unspecified atom stereocenters. The van der Waals surface area contributed by atoms with Crippen molar-refractivity contribution in [1.82, 2.24) is 9.62 Å². The third kappa shape index (κ3) is 5.64. The van der Waals surface area contributed by atoms with Gasteiger partial charge in [0.15, 0.2) is 0 Å². The van der Waals surface area contributed by atoms with E-state index < -0.39 is 26.9 Å². The van der Waals surface area contributed by atoms with Gasteiger partial charge in [0, 0.05) is 19.2 Å². The van der Waals surface area contributed by atoms with E-state index in [-0.39, 0.29) is 30.3 Å². The number of hydrogen-bond acceptors (Lipinski definition) is 6. The second kappa shape index (κ2) is 10.5. The standard InChI is InChI=1S/C20H21N3O6S/c1-3-13-22(30(27,28)18-11-9-17(10-12-18)23(25)26)19(20(24)21-2)15-29-14-16-7-5-4-6-8-16/h1,4-12,19H,13-15H2,2H3,(H,21,24)/t19-/m0/s1. The Bertz CT molecular complexity index is 1020. The van der Waals surface area contributed by atoms with Crippen LogP contribution in [0.1, 0.15) is 5.56 Å². The molecule has 0 bridgehead atoms. The number of terminal acetylenes is 1. The fourth-order valence-electron chi connectivity index (χ4n) is 2.65. The van der Waals surface area contributed by atoms with Crippen LogP contribution in [0.2, 0.25) is 0 Å². The summed E-state index contributed by atoms with van der Waals surface area (Å²) in [5.74, 6) is 1.65. The van der Waals surface area contributed by atoms with Gasteiger partial charge in [0.2, 0.25) is 15.9 Å². The molecule has 1 atom stereocenters. The first-order valence-corrected chi connectivity index (χ1v) is 10.3. The van der Waals surface area contributed by atoms with Crippen LogP contribution in [-0.2, 0) is 26.2 Å². The summed E-state index contributed by atoms with van der Waals surface area (Å²) in [6.45, 7) is -0.440. The number of likely N-dealkylation sites (N-methyl/N-ethyl adjacent to an activating group) is 1. The summed E-state index contributed by atoms with van der Waals surface area (Å²) in [4.78, 5) is 22.4. The van der Waals surface area contributed by atoms with Gasteiger partial charge in [-0.3, -0.25) is 14.9 Å². The van der Waals surface area contributed by atoms with Gasteiger partial charge in [-0.25, -0.2) is 8.42 Å². The summed E-state index contributed by atoms with van der Waals surface area (Å²) in [6, 6.07) is 12.3. The van der Waals surface area contributed by atoms with Crippen molar-refractivity contribution in [3.63, 3.8) is 0 Å². The number of hydrogen-bond donors (Lipinski definition) is 1. The lowest BCUT2D eigenvalue weighted by atomic mass is 10.2. The number of benzene rings is 2. The highest BCUT2D eigenvalue weighted by Gasteiger charge is 2.35. The molecular weight excluding hydrogens is 410 g/mol. The Balaban J connectivity index is 2.29. The molecule has 1 amide bonds. The van der Waals surface area contributed by atoms with E-state index in [4.69, 9.17) is 11.2 Å². The van der Waals surface area contributed by atoms with Crippen molar-refractivity contribution in [2.45, 2.75) is 17.5 Å². The van der Waals surface area contributed by atoms with Crippen LogP contribution in [-0.4, -0.2) is 49.8 Å². The molecule has 1 N–H and O–H groups in total. The zero-order chi connectivity index (χ0) is 22.1. The molecule has 9 nitrogen and oxygen atoms in total. The third-order valence-electron chi connectivity index (χ3n) is 4.19. The van der Waals surface area contributed by atoms with Gasteiger partial charge in [-0.05, 0) is 17.7 Å². The summed E-state index contributed by atoms with van der Waals surface area (Å²) >= 11 is 0. The molecule has 2 aromatic rings. The smallest absolute Gasteiger partial charge is 0.269 e. The van der Waals surface area contributed by atoms with E-state index in [1.807, 2.05) is 30.3 Å². The number of rotatable bonds is 10. The number of carbonyl (C=O) groups excluding carboxylic acids is 1. The zero-order valence-electron chi connectivity index (χ0n) is 16.2. The lowest BCUT2D eigenvalue weighted by Gasteiger charge is -2.28. The number of nitrogens with one attached hydrogen (secondary N) is 1. The van der Waals surface area contributed by atoms with E-state index in [2.05, 4.69) is 11.2 Å². The number of ether oxygens (including phenoxy) is 1. The van der Waals surface area contributed by atoms with E-state index in [0.717, 1.165) is 34.1 Å². The van der Waals surface area contributed by atoms with Gasteiger partial charge >= 0.3 is 0 Å². The average Bonchev–Trinajstić information content (AvgIpc) is 2.75. The number of nitro benzene ring substituents is 1. The van der Waals surface area contributed by atoms with Gasteiger partial charge in [-0.15, -0.1) is 6.42 Å². The summed E-state index contributed by atoms with van der Waals surface area (Å²) in [5.41, 5.74) is 0.598. The lowest BCUT2D eigenvalue weighted by Crippen LogP contribution is -2.51. The molecule has 0 aliphatic heterocycles. The van der Waals surface area contributed by atoms with Crippen LogP contribution in [0.15, 0.2) is 59.5 Å². The molecule has 0 aliphatic carbocycles. The molecule has 2 aromatic carbocycles. The van der Waals surface area contributed by atoms with E-state index in [1.165, 1.54) is 7.05 Å². The Morgan fingerprint density at radius 1 is 1.23 bits per heavy atom. The van der Waals surface area contributed by atoms with Crippen LogP contribution >= 0.6 is 0 Å². The molecule has 0 aliphatic rings. The van der Waals surface area contributed by atoms with Gasteiger partial charge in [0.25, 0.3) is 5.69 Å². The monoisotopic (exact) mass is 431 g/mol. The van der Waals surface area contributed by atoms with Gasteiger partial charge in [0.05, 0.1) is 29.6 Å². The van der Waals surface area contributed by atoms with E-state index in [9.17, 15) is 23.3 Å². The predicted molar refractivity (Wildman–Crippen MR) is 110 cm³/mol. The molecule has 0 spiro atoms. The van der Waals surface area contributed by atoms with Gasteiger partial charge < -0.3 is 10.1 Å². The van der Waals surface area contributed by atoms with Crippen molar-refractivity contribution in [3.8, 4) is 12.3 Å². The quantitative estimate of drug-likeness (QED) is 0.346. The molecule has 0 saturated carbocycles. The maximum atomic E-state index is 13.1. The molecule has 0 saturated heterocycles. The lowest BCUT2D eigenvalue weighted by molar-refractivity contribution is -0.384. The average molecular weight is 431 g/mol. The van der Waals surface area contributed by atoms with Crippen LogP contribution in [0.4, 0.5) is 5.69 Å². The summed E-state index contributed by atoms with van der Waals surface area (Å²) < 4.78 is 32.7. The predicted octanol–water partition coefficient (Wildman–Crippen LogP) is 1.55. The van der Waals surface area contributed by atoms with E-state index in [1.54, 1.807) is 0 Å². The molecule has 0 fully saturated rings. The van der Waals surface area contributed by atoms with Crippen LogP contribution in [0.5, 0.6) is 0 Å². The largest absolute Gasteiger partial charge is 0.375 e. The number of amides is 1. The maximum absolute atomic E-state index is 13.1. The molecule has 0 aromatic heterocycles. The topological polar surface area (TPSA) is 119 Å². The Kier molecular flexibility index (Phi) is 8.06. The number of carbonyl (C=O) groups is 1. The Morgan fingerprint density at radius 2 is 1.87 bits per heavy atom. The Morgan fingerprint density at radius 3 is 2.40 bits per heavy atom. The number of sulfonamides is 1. The van der Waals surface area contributed by atoms with Crippen LogP contribution < -0.4 is 5.32 Å². The van der Waals surface area contributed by atoms with Gasteiger partial charge in [-0.1, -0.05) is 36.3 Å². The Labute approximate surface area is 174 Å². The minimum absolute atomic E-state index is 0.176. The van der Waals surface area contributed by atoms with Crippen molar-refractivity contribution in [2.24, 2.45) is 0 Å². The third-order valence-corrected chi connectivity index (χ3v) is 6.05. The van der Waals surface area contributed by atoms with Crippen molar-refractivity contribution >= 4 is 21.6 Å². The second-order valence-electron chi connectivity index (χ2n) is 6.14. The minimum Gasteiger partial charge on any atom is -0.375 e. The molecule has 0 radical (unpaired) electrons. The van der Waals surface area contributed by atoms with Crippen LogP contribution in [0.3, 0.4) is 0 Å². The summed E-state index contributed by atoms with van der Waals surface area (Å²) in [5, 5.41) is 13.2. The SMILES string of the molecule is C#CCN([C@@H](COCc1ccccc1)C(=O)NC)S(=O)(=O)c1ccc([N+](=O)[O-])cc1. The number of nitrogens with zero attached hydrogens (tertiary/aromatic N) is 2. The first-order valence-electron chi connectivity index (χ1n) is 8.84. The van der Waals surface area contributed by atoms with Crippen LogP contribution in [0, 0.1) is 22.5 Å². The van der Waals surface area contributed by atoms with Crippen molar-refractivity contribution in [2.75, 3.05) is 20.2 Å². The fraction of sp³-hybridized carbons (Fsp3) is 0.250. The van der Waals surface area contributed by atoms with Gasteiger partial charge in [0.1, 0.15) is 6.04 Å². The van der Waals surface area contributed by atoms with Crippen LogP contribution in [0.25, 0.3) is 0 Å². The molecule has 2 rings (SSSR count). The molecule has 0 heterocycles. The Hall–Kier alpha value is -3.26. The summed E-state index contributed by atoms with van der Waals surface area (Å²) in [7, 11) is -2.85. The number of non-ortho nitro benzene ring substituents is 1. The molecule has 10 heteroatoms. The highest BCUT2D eigenvalue weighted by Crippen LogP contribution is 2.22. The first kappa shape index (κ1) is 23.0. The minimum atomic E-state index is -4.23. The van der Waals surface area contributed by atoms with E-state index >= 15 is 0 Å². The zero-order valence-corrected chi connectivity index (χ0v) is 17.0. The van der Waals surface area contributed by atoms with E-state index in [0.29, 0.717) is 0 Å². The molecular formula is C20H21N3O6S. The van der Waals surface area contributed by atoms with Crippen molar-refractivity contribution in [3.05, 3.63) is 70.3 Å². The molecule has 30 heavy (non-hydrogen) atoms. The molecule has 158 valence electrons.